The van der Waals surface area contributed by atoms with Gasteiger partial charge in [-0.15, -0.1) is 0 Å². The molecule has 0 unspecified atom stereocenters. The Morgan fingerprint density at radius 1 is 1.33 bits per heavy atom. The van der Waals surface area contributed by atoms with Crippen molar-refractivity contribution in [3.05, 3.63) is 41.6 Å². The summed E-state index contributed by atoms with van der Waals surface area (Å²) in [4.78, 5) is 17.0. The zero-order chi connectivity index (χ0) is 15.5. The summed E-state index contributed by atoms with van der Waals surface area (Å²) in [6.45, 7) is 6.89. The van der Waals surface area contributed by atoms with Crippen molar-refractivity contribution in [1.82, 2.24) is 10.3 Å². The molecule has 4 heteroatoms. The summed E-state index contributed by atoms with van der Waals surface area (Å²) in [5, 5.41) is 4.90. The monoisotopic (exact) mass is 348 g/mol. The maximum absolute atomic E-state index is 12.5. The van der Waals surface area contributed by atoms with Gasteiger partial charge in [0.1, 0.15) is 0 Å². The van der Waals surface area contributed by atoms with E-state index in [1.54, 1.807) is 0 Å². The standard InChI is InChI=1S/C17H21BrN2O/c1-12-10-14(13-6-4-5-7-15(13)20-12)16(21)19-11-17(2,3)8-9-18/h4-7,10H,8-9,11H2,1-3H3,(H,19,21). The number of halogens is 1. The Morgan fingerprint density at radius 3 is 2.76 bits per heavy atom. The summed E-state index contributed by atoms with van der Waals surface area (Å²) in [5.41, 5.74) is 2.51. The van der Waals surface area contributed by atoms with Crippen LogP contribution in [0.25, 0.3) is 10.9 Å². The molecular weight excluding hydrogens is 328 g/mol. The van der Waals surface area contributed by atoms with Crippen LogP contribution in [0.2, 0.25) is 0 Å². The lowest BCUT2D eigenvalue weighted by molar-refractivity contribution is 0.0937. The van der Waals surface area contributed by atoms with Crippen LogP contribution in [0.3, 0.4) is 0 Å². The number of carbonyl (C=O) groups is 1. The topological polar surface area (TPSA) is 42.0 Å². The van der Waals surface area contributed by atoms with Crippen LogP contribution in [-0.4, -0.2) is 22.8 Å². The molecule has 1 N–H and O–H groups in total. The summed E-state index contributed by atoms with van der Waals surface area (Å²) in [7, 11) is 0. The van der Waals surface area contributed by atoms with Gasteiger partial charge in [0.05, 0.1) is 11.1 Å². The Bertz CT molecular complexity index is 652. The van der Waals surface area contributed by atoms with E-state index in [1.165, 1.54) is 0 Å². The zero-order valence-corrected chi connectivity index (χ0v) is 14.3. The number of rotatable bonds is 5. The van der Waals surface area contributed by atoms with Crippen molar-refractivity contribution < 1.29 is 4.79 Å². The number of carbonyl (C=O) groups excluding carboxylic acids is 1. The molecule has 0 aliphatic rings. The maximum atomic E-state index is 12.5. The molecule has 1 amide bonds. The van der Waals surface area contributed by atoms with Gasteiger partial charge in [0.25, 0.3) is 5.91 Å². The Hall–Kier alpha value is -1.42. The fraction of sp³-hybridized carbons (Fsp3) is 0.412. The molecule has 21 heavy (non-hydrogen) atoms. The van der Waals surface area contributed by atoms with Crippen LogP contribution in [0.1, 0.15) is 36.3 Å². The van der Waals surface area contributed by atoms with E-state index in [4.69, 9.17) is 0 Å². The third kappa shape index (κ3) is 4.03. The summed E-state index contributed by atoms with van der Waals surface area (Å²) in [6.07, 6.45) is 1.02. The minimum atomic E-state index is -0.0284. The molecule has 1 heterocycles. The number of para-hydroxylation sites is 1. The molecule has 2 rings (SSSR count). The van der Waals surface area contributed by atoms with Crippen LogP contribution in [0.5, 0.6) is 0 Å². The lowest BCUT2D eigenvalue weighted by atomic mass is 9.90. The smallest absolute Gasteiger partial charge is 0.252 e. The Balaban J connectivity index is 2.24. The highest BCUT2D eigenvalue weighted by atomic mass is 79.9. The molecule has 0 bridgehead atoms. The molecule has 2 aromatic rings. The first-order valence-electron chi connectivity index (χ1n) is 7.13. The summed E-state index contributed by atoms with van der Waals surface area (Å²) in [6, 6.07) is 9.61. The second kappa shape index (κ2) is 6.56. The number of pyridine rings is 1. The molecule has 1 aromatic heterocycles. The summed E-state index contributed by atoms with van der Waals surface area (Å²) >= 11 is 3.46. The Kier molecular flexibility index (Phi) is 4.99. The average Bonchev–Trinajstić information content (AvgIpc) is 2.44. The van der Waals surface area contributed by atoms with E-state index in [9.17, 15) is 4.79 Å². The first-order valence-corrected chi connectivity index (χ1v) is 8.26. The van der Waals surface area contributed by atoms with Crippen molar-refractivity contribution in [2.75, 3.05) is 11.9 Å². The third-order valence-corrected chi connectivity index (χ3v) is 3.98. The zero-order valence-electron chi connectivity index (χ0n) is 12.7. The number of benzene rings is 1. The lowest BCUT2D eigenvalue weighted by Gasteiger charge is -2.24. The molecule has 3 nitrogen and oxygen atoms in total. The van der Waals surface area contributed by atoms with E-state index in [2.05, 4.69) is 40.1 Å². The number of hydrogen-bond acceptors (Lipinski definition) is 2. The van der Waals surface area contributed by atoms with Crippen molar-refractivity contribution in [2.45, 2.75) is 27.2 Å². The van der Waals surface area contributed by atoms with Crippen molar-refractivity contribution in [3.63, 3.8) is 0 Å². The van der Waals surface area contributed by atoms with Crippen LogP contribution in [0, 0.1) is 12.3 Å². The minimum absolute atomic E-state index is 0.0284. The van der Waals surface area contributed by atoms with Crippen LogP contribution < -0.4 is 5.32 Å². The molecule has 1 aromatic carbocycles. The summed E-state index contributed by atoms with van der Waals surface area (Å²) < 4.78 is 0. The lowest BCUT2D eigenvalue weighted by Crippen LogP contribution is -2.34. The number of alkyl halides is 1. The van der Waals surface area contributed by atoms with E-state index >= 15 is 0 Å². The van der Waals surface area contributed by atoms with Crippen LogP contribution in [0.15, 0.2) is 30.3 Å². The molecular formula is C17H21BrN2O. The van der Waals surface area contributed by atoms with E-state index in [-0.39, 0.29) is 11.3 Å². The highest BCUT2D eigenvalue weighted by Gasteiger charge is 2.19. The number of aromatic nitrogens is 1. The number of hydrogen-bond donors (Lipinski definition) is 1. The summed E-state index contributed by atoms with van der Waals surface area (Å²) in [5.74, 6) is -0.0284. The van der Waals surface area contributed by atoms with E-state index in [0.29, 0.717) is 12.1 Å². The molecule has 0 spiro atoms. The average molecular weight is 349 g/mol. The fourth-order valence-corrected chi connectivity index (χ4v) is 3.33. The number of aryl methyl sites for hydroxylation is 1. The minimum Gasteiger partial charge on any atom is -0.351 e. The molecule has 0 aliphatic heterocycles. The Labute approximate surface area is 134 Å². The van der Waals surface area contributed by atoms with Gasteiger partial charge in [0.15, 0.2) is 0 Å². The van der Waals surface area contributed by atoms with Crippen LogP contribution >= 0.6 is 15.9 Å². The molecule has 0 atom stereocenters. The van der Waals surface area contributed by atoms with Gasteiger partial charge >= 0.3 is 0 Å². The highest BCUT2D eigenvalue weighted by Crippen LogP contribution is 2.21. The number of nitrogens with one attached hydrogen (secondary N) is 1. The normalized spacial score (nSPS) is 11.6. The van der Waals surface area contributed by atoms with E-state index in [1.807, 2.05) is 37.3 Å². The molecule has 0 radical (unpaired) electrons. The van der Waals surface area contributed by atoms with Crippen molar-refractivity contribution in [2.24, 2.45) is 5.41 Å². The van der Waals surface area contributed by atoms with E-state index < -0.39 is 0 Å². The SMILES string of the molecule is Cc1cc(C(=O)NCC(C)(C)CCBr)c2ccccc2n1. The molecule has 112 valence electrons. The van der Waals surface area contributed by atoms with Gasteiger partial charge < -0.3 is 5.32 Å². The number of amides is 1. The highest BCUT2D eigenvalue weighted by molar-refractivity contribution is 9.09. The van der Waals surface area contributed by atoms with E-state index in [0.717, 1.165) is 28.3 Å². The van der Waals surface area contributed by atoms with Crippen LogP contribution in [-0.2, 0) is 0 Å². The van der Waals surface area contributed by atoms with Gasteiger partial charge in [-0.3, -0.25) is 9.78 Å². The molecule has 0 fully saturated rings. The predicted octanol–water partition coefficient (Wildman–Crippen LogP) is 4.08. The quantitative estimate of drug-likeness (QED) is 0.827. The van der Waals surface area contributed by atoms with Gasteiger partial charge in [-0.2, -0.15) is 0 Å². The number of nitrogens with zero attached hydrogens (tertiary/aromatic N) is 1. The number of fused-ring (bicyclic) bond motifs is 1. The van der Waals surface area contributed by atoms with Crippen molar-refractivity contribution >= 4 is 32.7 Å². The van der Waals surface area contributed by atoms with Gasteiger partial charge in [-0.25, -0.2) is 0 Å². The molecule has 0 aliphatic carbocycles. The predicted molar refractivity (Wildman–Crippen MR) is 91.0 cm³/mol. The molecule has 0 saturated carbocycles. The third-order valence-electron chi connectivity index (χ3n) is 3.59. The first-order chi connectivity index (χ1) is 9.93. The van der Waals surface area contributed by atoms with Gasteiger partial charge in [0.2, 0.25) is 0 Å². The van der Waals surface area contributed by atoms with Crippen LogP contribution in [0.4, 0.5) is 0 Å². The maximum Gasteiger partial charge on any atom is 0.252 e. The Morgan fingerprint density at radius 2 is 2.05 bits per heavy atom. The molecule has 0 saturated heterocycles. The van der Waals surface area contributed by atoms with Crippen molar-refractivity contribution in [3.8, 4) is 0 Å². The van der Waals surface area contributed by atoms with Gasteiger partial charge in [-0.05, 0) is 30.9 Å². The second-order valence-corrected chi connectivity index (χ2v) is 6.91. The fourth-order valence-electron chi connectivity index (χ4n) is 2.25. The van der Waals surface area contributed by atoms with Gasteiger partial charge in [0, 0.05) is 23.0 Å². The second-order valence-electron chi connectivity index (χ2n) is 6.11. The largest absolute Gasteiger partial charge is 0.351 e. The van der Waals surface area contributed by atoms with Gasteiger partial charge in [-0.1, -0.05) is 48.0 Å². The van der Waals surface area contributed by atoms with Crippen molar-refractivity contribution in [1.29, 1.82) is 0 Å². The first kappa shape index (κ1) is 16.0.